The first-order chi connectivity index (χ1) is 9.16. The van der Waals surface area contributed by atoms with Crippen LogP contribution in [0.2, 0.25) is 0 Å². The van der Waals surface area contributed by atoms with E-state index in [0.717, 1.165) is 18.2 Å². The van der Waals surface area contributed by atoms with E-state index in [1.807, 2.05) is 0 Å². The van der Waals surface area contributed by atoms with Crippen molar-refractivity contribution < 1.29 is 31.2 Å². The predicted octanol–water partition coefficient (Wildman–Crippen LogP) is 1.57. The molecule has 0 unspecified atom stereocenters. The van der Waals surface area contributed by atoms with Crippen molar-refractivity contribution in [3.05, 3.63) is 44.0 Å². The number of hydrogen-bond acceptors (Lipinski definition) is 7. The number of nitrogens with zero attached hydrogens (tertiary/aromatic N) is 2. The van der Waals surface area contributed by atoms with Gasteiger partial charge in [0.25, 0.3) is 11.4 Å². The van der Waals surface area contributed by atoms with Crippen LogP contribution >= 0.6 is 0 Å². The van der Waals surface area contributed by atoms with Gasteiger partial charge in [-0.25, -0.2) is 0 Å². The average Bonchev–Trinajstić information content (AvgIpc) is 2.35. The van der Waals surface area contributed by atoms with Crippen LogP contribution < -0.4 is 0 Å². The highest BCUT2D eigenvalue weighted by atomic mass is 32.2. The van der Waals surface area contributed by atoms with Crippen molar-refractivity contribution in [2.24, 2.45) is 0 Å². The van der Waals surface area contributed by atoms with Crippen LogP contribution in [0.1, 0.15) is 5.56 Å². The van der Waals surface area contributed by atoms with Crippen LogP contribution in [0, 0.1) is 20.2 Å². The van der Waals surface area contributed by atoms with Gasteiger partial charge in [0.05, 0.1) is 9.85 Å². The maximum atomic E-state index is 12.1. The first-order valence-electron chi connectivity index (χ1n) is 4.74. The van der Waals surface area contributed by atoms with Crippen LogP contribution in [0.5, 0.6) is 0 Å². The van der Waals surface area contributed by atoms with Gasteiger partial charge in [-0.3, -0.25) is 24.4 Å². The monoisotopic (exact) mass is 312 g/mol. The Hall–Kier alpha value is -2.21. The fourth-order valence-corrected chi connectivity index (χ4v) is 1.63. The van der Waals surface area contributed by atoms with Crippen LogP contribution in [0.3, 0.4) is 0 Å². The maximum Gasteiger partial charge on any atom is 0.361 e. The van der Waals surface area contributed by atoms with E-state index in [2.05, 4.69) is 4.18 Å². The second-order valence-corrected chi connectivity index (χ2v) is 4.88. The third-order valence-electron chi connectivity index (χ3n) is 2.11. The fraction of sp³-hybridized carbons (Fsp3) is 0.250. The summed E-state index contributed by atoms with van der Waals surface area (Å²) in [6, 6.07) is 2.72. The molecule has 12 heteroatoms. The zero-order chi connectivity index (χ0) is 15.5. The Morgan fingerprint density at radius 3 is 1.95 bits per heavy atom. The average molecular weight is 312 g/mol. The Bertz CT molecular complexity index is 614. The number of nitro benzene ring substituents is 2. The Labute approximate surface area is 110 Å². The van der Waals surface area contributed by atoms with Crippen LogP contribution in [0.25, 0.3) is 0 Å². The van der Waals surface area contributed by atoms with Crippen molar-refractivity contribution in [2.45, 2.75) is 12.4 Å². The van der Waals surface area contributed by atoms with Crippen molar-refractivity contribution in [1.29, 1.82) is 0 Å². The van der Waals surface area contributed by atoms with Crippen molar-refractivity contribution in [2.75, 3.05) is 0 Å². The molecule has 1 aromatic rings. The van der Waals surface area contributed by atoms with Crippen LogP contribution in [0.15, 0.2) is 18.2 Å². The van der Waals surface area contributed by atoms with E-state index in [-0.39, 0.29) is 0 Å². The van der Waals surface area contributed by atoms with Gasteiger partial charge in [-0.15, -0.1) is 0 Å². The van der Waals surface area contributed by atoms with E-state index in [1.54, 1.807) is 0 Å². The summed E-state index contributed by atoms with van der Waals surface area (Å²) in [5.74, 6) is -3.86. The molecule has 0 N–H and O–H groups in total. The zero-order valence-corrected chi connectivity index (χ0v) is 10.2. The lowest BCUT2D eigenvalue weighted by molar-refractivity contribution is -0.396. The number of nitro groups is 2. The molecule has 9 nitrogen and oxygen atoms in total. The molecule has 0 radical (unpaired) electrons. The molecular formula is C8H6F2N2O7S. The summed E-state index contributed by atoms with van der Waals surface area (Å²) in [5, 5.41) is 21.4. The van der Waals surface area contributed by atoms with Crippen LogP contribution in [-0.4, -0.2) is 24.0 Å². The largest absolute Gasteiger partial charge is 0.361 e. The van der Waals surface area contributed by atoms with Crippen LogP contribution in [-0.2, 0) is 20.9 Å². The van der Waals surface area contributed by atoms with Gasteiger partial charge in [0.15, 0.2) is 0 Å². The van der Waals surface area contributed by atoms with Gasteiger partial charge in [-0.05, 0) is 6.07 Å². The smallest absolute Gasteiger partial charge is 0.260 e. The predicted molar refractivity (Wildman–Crippen MR) is 59.5 cm³/mol. The van der Waals surface area contributed by atoms with Gasteiger partial charge >= 0.3 is 15.9 Å². The zero-order valence-electron chi connectivity index (χ0n) is 9.43. The molecule has 0 atom stereocenters. The fourth-order valence-electron chi connectivity index (χ4n) is 1.25. The van der Waals surface area contributed by atoms with E-state index >= 15 is 0 Å². The third-order valence-corrected chi connectivity index (χ3v) is 2.99. The van der Waals surface area contributed by atoms with Gasteiger partial charge in [-0.2, -0.15) is 17.2 Å². The molecule has 0 saturated carbocycles. The summed E-state index contributed by atoms with van der Waals surface area (Å²) in [7, 11) is -5.26. The summed E-state index contributed by atoms with van der Waals surface area (Å²) >= 11 is 0. The summed E-state index contributed by atoms with van der Waals surface area (Å²) < 4.78 is 49.5. The second kappa shape index (κ2) is 5.83. The molecule has 0 heterocycles. The van der Waals surface area contributed by atoms with Gasteiger partial charge in [0, 0.05) is 12.1 Å². The van der Waals surface area contributed by atoms with E-state index in [9.17, 15) is 37.4 Å². The van der Waals surface area contributed by atoms with Gasteiger partial charge in [-0.1, -0.05) is 0 Å². The standard InChI is InChI=1S/C8H6F2N2O7S/c9-8(10)20(17,18)19-4-5-6(11(13)14)2-1-3-7(5)12(15)16/h1-3,8H,4H2. The minimum absolute atomic E-state index is 0.716. The Balaban J connectivity index is 3.22. The van der Waals surface area contributed by atoms with E-state index in [1.165, 1.54) is 0 Å². The molecule has 0 aliphatic carbocycles. The molecular weight excluding hydrogens is 306 g/mol. The third kappa shape index (κ3) is 3.42. The summed E-state index contributed by atoms with van der Waals surface area (Å²) in [6.45, 7) is -1.24. The highest BCUT2D eigenvalue weighted by Crippen LogP contribution is 2.29. The molecule has 0 fully saturated rings. The quantitative estimate of drug-likeness (QED) is 0.442. The molecule has 0 saturated heterocycles. The highest BCUT2D eigenvalue weighted by molar-refractivity contribution is 7.87. The van der Waals surface area contributed by atoms with Crippen molar-refractivity contribution in [3.63, 3.8) is 0 Å². The molecule has 1 rings (SSSR count). The summed E-state index contributed by atoms with van der Waals surface area (Å²) in [5.41, 5.74) is -2.32. The maximum absolute atomic E-state index is 12.1. The van der Waals surface area contributed by atoms with E-state index in [4.69, 9.17) is 0 Å². The number of alkyl halides is 2. The summed E-state index contributed by atoms with van der Waals surface area (Å²) in [4.78, 5) is 19.3. The molecule has 0 aromatic heterocycles. The minimum atomic E-state index is -5.26. The Morgan fingerprint density at radius 1 is 1.15 bits per heavy atom. The topological polar surface area (TPSA) is 130 Å². The normalized spacial score (nSPS) is 11.6. The van der Waals surface area contributed by atoms with Crippen molar-refractivity contribution >= 4 is 21.5 Å². The lowest BCUT2D eigenvalue weighted by Gasteiger charge is -2.05. The summed E-state index contributed by atoms with van der Waals surface area (Å²) in [6.07, 6.45) is 0. The molecule has 20 heavy (non-hydrogen) atoms. The van der Waals surface area contributed by atoms with E-state index in [0.29, 0.717) is 0 Å². The van der Waals surface area contributed by atoms with Crippen molar-refractivity contribution in [1.82, 2.24) is 0 Å². The van der Waals surface area contributed by atoms with Gasteiger partial charge < -0.3 is 0 Å². The minimum Gasteiger partial charge on any atom is -0.260 e. The van der Waals surface area contributed by atoms with E-state index < -0.39 is 49.3 Å². The number of benzene rings is 1. The molecule has 0 spiro atoms. The Kier molecular flexibility index (Phi) is 4.62. The first kappa shape index (κ1) is 15.8. The molecule has 110 valence electrons. The Morgan fingerprint density at radius 2 is 1.60 bits per heavy atom. The molecule has 0 aliphatic heterocycles. The van der Waals surface area contributed by atoms with Crippen LogP contribution in [0.4, 0.5) is 20.2 Å². The number of rotatable bonds is 6. The number of hydrogen-bond donors (Lipinski definition) is 0. The second-order valence-electron chi connectivity index (χ2n) is 3.30. The van der Waals surface area contributed by atoms with Crippen molar-refractivity contribution in [3.8, 4) is 0 Å². The molecule has 0 amide bonds. The highest BCUT2D eigenvalue weighted by Gasteiger charge is 2.30. The molecule has 0 aliphatic rings. The lowest BCUT2D eigenvalue weighted by atomic mass is 10.1. The lowest BCUT2D eigenvalue weighted by Crippen LogP contribution is -2.15. The SMILES string of the molecule is O=[N+]([O-])c1cccc([N+](=O)[O-])c1COS(=O)(=O)C(F)F. The first-order valence-corrected chi connectivity index (χ1v) is 6.21. The molecule has 0 bridgehead atoms. The van der Waals surface area contributed by atoms with Gasteiger partial charge in [0.2, 0.25) is 0 Å². The molecule has 1 aromatic carbocycles. The van der Waals surface area contributed by atoms with Gasteiger partial charge in [0.1, 0.15) is 12.2 Å². The number of halogens is 2.